The summed E-state index contributed by atoms with van der Waals surface area (Å²) in [5.74, 6) is 0. The van der Waals surface area contributed by atoms with E-state index in [2.05, 4.69) is 62.2 Å². The van der Waals surface area contributed by atoms with Crippen molar-refractivity contribution in [2.75, 3.05) is 0 Å². The largest absolute Gasteiger partial charge is 0.0894 e. The lowest BCUT2D eigenvalue weighted by molar-refractivity contribution is 0.907. The van der Waals surface area contributed by atoms with Crippen LogP contribution in [0, 0.1) is 0 Å². The molecule has 0 radical (unpaired) electrons. The molecule has 1 aliphatic rings. The molecule has 3 rings (SSSR count). The number of halogens is 3. The van der Waals surface area contributed by atoms with Crippen molar-refractivity contribution in [3.8, 4) is 0 Å². The molecule has 0 bridgehead atoms. The van der Waals surface area contributed by atoms with Gasteiger partial charge in [0.2, 0.25) is 0 Å². The highest BCUT2D eigenvalue weighted by Crippen LogP contribution is 2.52. The fourth-order valence-corrected chi connectivity index (χ4v) is 5.03. The number of benzene rings is 2. The van der Waals surface area contributed by atoms with Crippen LogP contribution in [0.1, 0.15) is 20.8 Å². The maximum atomic E-state index is 6.11. The predicted octanol–water partition coefficient (Wildman–Crippen LogP) is 6.38. The smallest absolute Gasteiger partial charge is 0.0573 e. The number of rotatable bonds is 0. The van der Waals surface area contributed by atoms with Crippen molar-refractivity contribution in [1.82, 2.24) is 0 Å². The standard InChI is InChI=1S/C14H9Br2ClS/c15-13-9-3-1-2-4-11(9)18-12-6-5-8(17)7-10(12)14(13)16/h1-7,13-14H. The van der Waals surface area contributed by atoms with Crippen molar-refractivity contribution < 1.29 is 0 Å². The van der Waals surface area contributed by atoms with Crippen molar-refractivity contribution in [3.63, 3.8) is 0 Å². The Kier molecular flexibility index (Phi) is 3.77. The van der Waals surface area contributed by atoms with Crippen LogP contribution >= 0.6 is 55.2 Å². The second kappa shape index (κ2) is 5.20. The Hall–Kier alpha value is 0.0400. The third-order valence-electron chi connectivity index (χ3n) is 2.96. The Bertz CT molecular complexity index is 600. The van der Waals surface area contributed by atoms with E-state index in [1.807, 2.05) is 12.1 Å². The van der Waals surface area contributed by atoms with Gasteiger partial charge in [0.05, 0.1) is 9.65 Å². The molecule has 0 saturated heterocycles. The lowest BCUT2D eigenvalue weighted by Gasteiger charge is -2.16. The Balaban J connectivity index is 2.20. The van der Waals surface area contributed by atoms with Gasteiger partial charge in [-0.05, 0) is 35.4 Å². The Morgan fingerprint density at radius 1 is 0.889 bits per heavy atom. The highest BCUT2D eigenvalue weighted by Gasteiger charge is 2.28. The SMILES string of the molecule is Clc1ccc2c(c1)C(Br)C(Br)c1ccccc1S2. The summed E-state index contributed by atoms with van der Waals surface area (Å²) in [6, 6.07) is 14.6. The molecule has 0 fully saturated rings. The maximum Gasteiger partial charge on any atom is 0.0573 e. The van der Waals surface area contributed by atoms with E-state index in [0.29, 0.717) is 0 Å². The van der Waals surface area contributed by atoms with Crippen molar-refractivity contribution in [2.45, 2.75) is 19.4 Å². The van der Waals surface area contributed by atoms with Crippen LogP contribution in [0.5, 0.6) is 0 Å². The highest BCUT2D eigenvalue weighted by atomic mass is 79.9. The second-order valence-corrected chi connectivity index (χ2v) is 7.62. The monoisotopic (exact) mass is 402 g/mol. The molecule has 0 nitrogen and oxygen atoms in total. The van der Waals surface area contributed by atoms with Gasteiger partial charge < -0.3 is 0 Å². The molecule has 2 aromatic carbocycles. The molecule has 0 spiro atoms. The molecule has 0 saturated carbocycles. The van der Waals surface area contributed by atoms with Crippen LogP contribution in [0.3, 0.4) is 0 Å². The Labute approximate surface area is 132 Å². The van der Waals surface area contributed by atoms with Gasteiger partial charge in [0.25, 0.3) is 0 Å². The highest BCUT2D eigenvalue weighted by molar-refractivity contribution is 9.12. The molecule has 0 aliphatic carbocycles. The molecule has 1 aliphatic heterocycles. The molecule has 0 aromatic heterocycles. The number of fused-ring (bicyclic) bond motifs is 2. The quantitative estimate of drug-likeness (QED) is 0.459. The van der Waals surface area contributed by atoms with Crippen LogP contribution in [0.25, 0.3) is 0 Å². The minimum Gasteiger partial charge on any atom is -0.0894 e. The van der Waals surface area contributed by atoms with E-state index in [9.17, 15) is 0 Å². The van der Waals surface area contributed by atoms with Crippen LogP contribution in [0.2, 0.25) is 5.02 Å². The van der Waals surface area contributed by atoms with Crippen LogP contribution in [-0.4, -0.2) is 0 Å². The number of hydrogen-bond donors (Lipinski definition) is 0. The van der Waals surface area contributed by atoms with E-state index < -0.39 is 0 Å². The summed E-state index contributed by atoms with van der Waals surface area (Å²) in [4.78, 5) is 3.03. The number of alkyl halides is 2. The first-order valence-electron chi connectivity index (χ1n) is 5.51. The third-order valence-corrected chi connectivity index (χ3v) is 7.13. The van der Waals surface area contributed by atoms with E-state index in [-0.39, 0.29) is 9.65 Å². The van der Waals surface area contributed by atoms with Gasteiger partial charge in [-0.2, -0.15) is 0 Å². The molecule has 2 atom stereocenters. The Morgan fingerprint density at radius 2 is 1.56 bits per heavy atom. The topological polar surface area (TPSA) is 0 Å². The van der Waals surface area contributed by atoms with Gasteiger partial charge in [-0.15, -0.1) is 0 Å². The van der Waals surface area contributed by atoms with Gasteiger partial charge in [-0.3, -0.25) is 0 Å². The zero-order chi connectivity index (χ0) is 12.7. The lowest BCUT2D eigenvalue weighted by atomic mass is 10.0. The molecule has 0 N–H and O–H groups in total. The maximum absolute atomic E-state index is 6.11. The Morgan fingerprint density at radius 3 is 2.39 bits per heavy atom. The first kappa shape index (κ1) is 13.0. The summed E-state index contributed by atoms with van der Waals surface area (Å²) in [6.45, 7) is 0. The lowest BCUT2D eigenvalue weighted by Crippen LogP contribution is -1.98. The van der Waals surface area contributed by atoms with Crippen LogP contribution in [0.4, 0.5) is 0 Å². The summed E-state index contributed by atoms with van der Waals surface area (Å²) in [7, 11) is 0. The van der Waals surface area contributed by atoms with Gasteiger partial charge in [0, 0.05) is 14.8 Å². The number of hydrogen-bond acceptors (Lipinski definition) is 1. The molecule has 1 heterocycles. The fourth-order valence-electron chi connectivity index (χ4n) is 2.06. The summed E-state index contributed by atoms with van der Waals surface area (Å²) in [5.41, 5.74) is 2.56. The minimum atomic E-state index is 0.224. The molecule has 2 aromatic rings. The van der Waals surface area contributed by atoms with Gasteiger partial charge >= 0.3 is 0 Å². The van der Waals surface area contributed by atoms with Crippen LogP contribution in [-0.2, 0) is 0 Å². The van der Waals surface area contributed by atoms with E-state index in [1.165, 1.54) is 20.9 Å². The van der Waals surface area contributed by atoms with Crippen LogP contribution in [0.15, 0.2) is 52.3 Å². The fraction of sp³-hybridized carbons (Fsp3) is 0.143. The second-order valence-electron chi connectivity index (χ2n) is 4.13. The van der Waals surface area contributed by atoms with E-state index in [0.717, 1.165) is 5.02 Å². The van der Waals surface area contributed by atoms with Crippen molar-refractivity contribution in [2.24, 2.45) is 0 Å². The molecule has 4 heteroatoms. The molecule has 18 heavy (non-hydrogen) atoms. The van der Waals surface area contributed by atoms with Crippen molar-refractivity contribution in [1.29, 1.82) is 0 Å². The molecular formula is C14H9Br2ClS. The third kappa shape index (κ3) is 2.26. The van der Waals surface area contributed by atoms with E-state index >= 15 is 0 Å². The average Bonchev–Trinajstić information content (AvgIpc) is 2.48. The zero-order valence-corrected chi connectivity index (χ0v) is 14.0. The first-order chi connectivity index (χ1) is 8.66. The van der Waals surface area contributed by atoms with E-state index in [4.69, 9.17) is 11.6 Å². The molecule has 2 unspecified atom stereocenters. The van der Waals surface area contributed by atoms with Gasteiger partial charge in [0.1, 0.15) is 0 Å². The summed E-state index contributed by atoms with van der Waals surface area (Å²) >= 11 is 15.5. The molecular weight excluding hydrogens is 395 g/mol. The van der Waals surface area contributed by atoms with Gasteiger partial charge in [-0.1, -0.05) is 73.4 Å². The minimum absolute atomic E-state index is 0.224. The zero-order valence-electron chi connectivity index (χ0n) is 9.24. The van der Waals surface area contributed by atoms with Gasteiger partial charge in [0.15, 0.2) is 0 Å². The van der Waals surface area contributed by atoms with Crippen molar-refractivity contribution in [3.05, 3.63) is 58.6 Å². The van der Waals surface area contributed by atoms with Gasteiger partial charge in [-0.25, -0.2) is 0 Å². The van der Waals surface area contributed by atoms with Crippen molar-refractivity contribution >= 4 is 55.2 Å². The normalized spacial score (nSPS) is 21.9. The van der Waals surface area contributed by atoms with E-state index in [1.54, 1.807) is 11.8 Å². The first-order valence-corrected chi connectivity index (χ1v) is 8.54. The van der Waals surface area contributed by atoms with Crippen LogP contribution < -0.4 is 0 Å². The summed E-state index contributed by atoms with van der Waals surface area (Å²) < 4.78 is 0. The summed E-state index contributed by atoms with van der Waals surface area (Å²) in [6.07, 6.45) is 0. The average molecular weight is 405 g/mol. The molecule has 0 amide bonds. The summed E-state index contributed by atoms with van der Waals surface area (Å²) in [5, 5.41) is 0.782. The molecule has 92 valence electrons. The predicted molar refractivity (Wildman–Crippen MR) is 85.4 cm³/mol.